The lowest BCUT2D eigenvalue weighted by Crippen LogP contribution is -2.20. The van der Waals surface area contributed by atoms with E-state index in [0.717, 1.165) is 17.5 Å². The van der Waals surface area contributed by atoms with Gasteiger partial charge in [0.15, 0.2) is 0 Å². The molecule has 1 aromatic heterocycles. The SMILES string of the molecule is CCc1cnccc1C(=O)Nc1cc(Cl)c2c(c1)CCC(=O)N2. The van der Waals surface area contributed by atoms with E-state index in [1.54, 1.807) is 24.5 Å². The van der Waals surface area contributed by atoms with Gasteiger partial charge in [0.25, 0.3) is 5.91 Å². The number of hydrogen-bond donors (Lipinski definition) is 2. The molecule has 0 aliphatic carbocycles. The van der Waals surface area contributed by atoms with E-state index in [2.05, 4.69) is 15.6 Å². The molecule has 0 fully saturated rings. The molecule has 0 atom stereocenters. The van der Waals surface area contributed by atoms with Gasteiger partial charge in [0.1, 0.15) is 0 Å². The van der Waals surface area contributed by atoms with Crippen LogP contribution in [0.5, 0.6) is 0 Å². The van der Waals surface area contributed by atoms with Crippen LogP contribution in [0.4, 0.5) is 11.4 Å². The highest BCUT2D eigenvalue weighted by molar-refractivity contribution is 6.34. The van der Waals surface area contributed by atoms with E-state index < -0.39 is 0 Å². The summed E-state index contributed by atoms with van der Waals surface area (Å²) in [5.41, 5.74) is 3.68. The number of carbonyl (C=O) groups is 2. The summed E-state index contributed by atoms with van der Waals surface area (Å²) in [7, 11) is 0. The second-order valence-electron chi connectivity index (χ2n) is 5.38. The highest BCUT2D eigenvalue weighted by Gasteiger charge is 2.19. The zero-order valence-electron chi connectivity index (χ0n) is 12.6. The van der Waals surface area contributed by atoms with Crippen LogP contribution in [-0.4, -0.2) is 16.8 Å². The van der Waals surface area contributed by atoms with Crippen LogP contribution in [0, 0.1) is 0 Å². The van der Waals surface area contributed by atoms with Gasteiger partial charge in [-0.3, -0.25) is 14.6 Å². The third-order valence-corrected chi connectivity index (χ3v) is 4.14. The number of halogens is 1. The smallest absolute Gasteiger partial charge is 0.256 e. The molecule has 0 saturated carbocycles. The lowest BCUT2D eigenvalue weighted by Gasteiger charge is -2.19. The Labute approximate surface area is 139 Å². The fourth-order valence-electron chi connectivity index (χ4n) is 2.65. The predicted octanol–water partition coefficient (Wildman–Crippen LogP) is 3.43. The number of fused-ring (bicyclic) bond motifs is 1. The van der Waals surface area contributed by atoms with Gasteiger partial charge in [-0.1, -0.05) is 18.5 Å². The minimum Gasteiger partial charge on any atom is -0.325 e. The van der Waals surface area contributed by atoms with Crippen LogP contribution >= 0.6 is 11.6 Å². The van der Waals surface area contributed by atoms with Crippen molar-refractivity contribution in [2.24, 2.45) is 0 Å². The van der Waals surface area contributed by atoms with Crippen molar-refractivity contribution in [1.82, 2.24) is 4.98 Å². The Morgan fingerprint density at radius 3 is 3.00 bits per heavy atom. The molecule has 0 spiro atoms. The van der Waals surface area contributed by atoms with E-state index >= 15 is 0 Å². The molecular weight excluding hydrogens is 314 g/mol. The molecule has 23 heavy (non-hydrogen) atoms. The van der Waals surface area contributed by atoms with E-state index in [-0.39, 0.29) is 11.8 Å². The Kier molecular flexibility index (Phi) is 4.30. The largest absolute Gasteiger partial charge is 0.325 e. The number of carbonyl (C=O) groups excluding carboxylic acids is 2. The van der Waals surface area contributed by atoms with E-state index in [0.29, 0.717) is 34.8 Å². The van der Waals surface area contributed by atoms with Crippen molar-refractivity contribution in [2.75, 3.05) is 10.6 Å². The molecule has 0 radical (unpaired) electrons. The van der Waals surface area contributed by atoms with Gasteiger partial charge in [-0.05, 0) is 42.2 Å². The zero-order valence-corrected chi connectivity index (χ0v) is 13.4. The van der Waals surface area contributed by atoms with Crippen LogP contribution in [-0.2, 0) is 17.6 Å². The maximum atomic E-state index is 12.5. The summed E-state index contributed by atoms with van der Waals surface area (Å²) < 4.78 is 0. The summed E-state index contributed by atoms with van der Waals surface area (Å²) in [4.78, 5) is 28.0. The summed E-state index contributed by atoms with van der Waals surface area (Å²) in [6, 6.07) is 5.20. The highest BCUT2D eigenvalue weighted by atomic mass is 35.5. The number of aromatic nitrogens is 1. The lowest BCUT2D eigenvalue weighted by atomic mass is 10.0. The average Bonchev–Trinajstić information content (AvgIpc) is 2.55. The molecule has 2 aromatic rings. The molecule has 3 rings (SSSR count). The van der Waals surface area contributed by atoms with E-state index in [4.69, 9.17) is 11.6 Å². The summed E-state index contributed by atoms with van der Waals surface area (Å²) in [5.74, 6) is -0.235. The second kappa shape index (κ2) is 6.38. The number of benzene rings is 1. The molecule has 0 bridgehead atoms. The van der Waals surface area contributed by atoms with E-state index in [1.807, 2.05) is 13.0 Å². The summed E-state index contributed by atoms with van der Waals surface area (Å²) in [6.45, 7) is 1.98. The van der Waals surface area contributed by atoms with Crippen LogP contribution < -0.4 is 10.6 Å². The van der Waals surface area contributed by atoms with Crippen molar-refractivity contribution in [3.63, 3.8) is 0 Å². The minimum atomic E-state index is -0.194. The molecule has 2 N–H and O–H groups in total. The number of rotatable bonds is 3. The first-order valence-electron chi connectivity index (χ1n) is 7.45. The lowest BCUT2D eigenvalue weighted by molar-refractivity contribution is -0.116. The van der Waals surface area contributed by atoms with Gasteiger partial charge in [-0.25, -0.2) is 0 Å². The van der Waals surface area contributed by atoms with Gasteiger partial charge in [0.2, 0.25) is 5.91 Å². The van der Waals surface area contributed by atoms with Crippen molar-refractivity contribution < 1.29 is 9.59 Å². The monoisotopic (exact) mass is 329 g/mol. The third-order valence-electron chi connectivity index (χ3n) is 3.84. The molecule has 1 aromatic carbocycles. The third kappa shape index (κ3) is 3.19. The number of pyridine rings is 1. The first-order chi connectivity index (χ1) is 11.1. The zero-order chi connectivity index (χ0) is 16.4. The molecule has 6 heteroatoms. The van der Waals surface area contributed by atoms with Crippen molar-refractivity contribution in [3.8, 4) is 0 Å². The average molecular weight is 330 g/mol. The van der Waals surface area contributed by atoms with Crippen LogP contribution in [0.15, 0.2) is 30.6 Å². The summed E-state index contributed by atoms with van der Waals surface area (Å²) in [5, 5.41) is 6.07. The maximum absolute atomic E-state index is 12.5. The highest BCUT2D eigenvalue weighted by Crippen LogP contribution is 2.33. The minimum absolute atomic E-state index is 0.0411. The topological polar surface area (TPSA) is 71.1 Å². The number of aryl methyl sites for hydroxylation is 2. The van der Waals surface area contributed by atoms with E-state index in [9.17, 15) is 9.59 Å². The molecule has 2 amide bonds. The Morgan fingerprint density at radius 1 is 1.39 bits per heavy atom. The molecule has 0 unspecified atom stereocenters. The summed E-state index contributed by atoms with van der Waals surface area (Å²) in [6.07, 6.45) is 5.06. The molecule has 118 valence electrons. The van der Waals surface area contributed by atoms with Gasteiger partial charge < -0.3 is 10.6 Å². The number of nitrogens with one attached hydrogen (secondary N) is 2. The number of hydrogen-bond acceptors (Lipinski definition) is 3. The van der Waals surface area contributed by atoms with Gasteiger partial charge in [-0.2, -0.15) is 0 Å². The Bertz CT molecular complexity index is 789. The predicted molar refractivity (Wildman–Crippen MR) is 90.0 cm³/mol. The van der Waals surface area contributed by atoms with Crippen molar-refractivity contribution in [2.45, 2.75) is 26.2 Å². The number of nitrogens with zero attached hydrogens (tertiary/aromatic N) is 1. The van der Waals surface area contributed by atoms with Crippen LogP contribution in [0.2, 0.25) is 5.02 Å². The second-order valence-corrected chi connectivity index (χ2v) is 5.79. The first kappa shape index (κ1) is 15.5. The van der Waals surface area contributed by atoms with Gasteiger partial charge in [0.05, 0.1) is 10.7 Å². The van der Waals surface area contributed by atoms with Crippen LogP contribution in [0.1, 0.15) is 34.8 Å². The van der Waals surface area contributed by atoms with Crippen molar-refractivity contribution in [1.29, 1.82) is 0 Å². The van der Waals surface area contributed by atoms with Crippen LogP contribution in [0.25, 0.3) is 0 Å². The molecule has 1 aliphatic rings. The molecule has 1 aliphatic heterocycles. The Hall–Kier alpha value is -2.40. The molecular formula is C17H16ClN3O2. The van der Waals surface area contributed by atoms with Gasteiger partial charge >= 0.3 is 0 Å². The quantitative estimate of drug-likeness (QED) is 0.906. The van der Waals surface area contributed by atoms with Gasteiger partial charge in [0, 0.05) is 30.1 Å². The van der Waals surface area contributed by atoms with E-state index in [1.165, 1.54) is 0 Å². The number of anilines is 2. The fourth-order valence-corrected chi connectivity index (χ4v) is 2.94. The Morgan fingerprint density at radius 2 is 2.22 bits per heavy atom. The van der Waals surface area contributed by atoms with Crippen molar-refractivity contribution in [3.05, 3.63) is 52.3 Å². The molecule has 0 saturated heterocycles. The molecule has 5 nitrogen and oxygen atoms in total. The Balaban J connectivity index is 1.87. The number of amides is 2. The van der Waals surface area contributed by atoms with Crippen LogP contribution in [0.3, 0.4) is 0 Å². The first-order valence-corrected chi connectivity index (χ1v) is 7.82. The standard InChI is InChI=1S/C17H16ClN3O2/c1-2-10-9-19-6-5-13(10)17(23)20-12-7-11-3-4-15(22)21-16(11)14(18)8-12/h5-9H,2-4H2,1H3,(H,20,23)(H,21,22). The van der Waals surface area contributed by atoms with Gasteiger partial charge in [-0.15, -0.1) is 0 Å². The maximum Gasteiger partial charge on any atom is 0.256 e. The summed E-state index contributed by atoms with van der Waals surface area (Å²) >= 11 is 6.22. The van der Waals surface area contributed by atoms with Crippen molar-refractivity contribution >= 4 is 34.8 Å². The normalized spacial score (nSPS) is 13.2. The molecule has 2 heterocycles. The fraction of sp³-hybridized carbons (Fsp3) is 0.235.